The number of esters is 1. The van der Waals surface area contributed by atoms with Crippen LogP contribution in [0.3, 0.4) is 0 Å². The third-order valence-electron chi connectivity index (χ3n) is 3.38. The number of hydrogen-bond acceptors (Lipinski definition) is 7. The van der Waals surface area contributed by atoms with E-state index in [4.69, 9.17) is 17.5 Å². The molecule has 122 valence electrons. The van der Waals surface area contributed by atoms with Crippen LogP contribution in [0, 0.1) is 0 Å². The van der Waals surface area contributed by atoms with E-state index in [1.807, 2.05) is 6.07 Å². The molecule has 2 heterocycles. The molecule has 24 heavy (non-hydrogen) atoms. The minimum Gasteiger partial charge on any atom is -0.458 e. The molecule has 0 amide bonds. The zero-order valence-corrected chi connectivity index (χ0v) is 13.4. The van der Waals surface area contributed by atoms with Gasteiger partial charge in [-0.15, -0.1) is 0 Å². The van der Waals surface area contributed by atoms with Crippen LogP contribution in [0.15, 0.2) is 47.4 Å². The van der Waals surface area contributed by atoms with Gasteiger partial charge in [0.05, 0.1) is 12.2 Å². The van der Waals surface area contributed by atoms with Gasteiger partial charge in [-0.25, -0.2) is 9.59 Å². The maximum atomic E-state index is 11.9. The Morgan fingerprint density at radius 3 is 2.92 bits per heavy atom. The zero-order chi connectivity index (χ0) is 16.9. The number of nitrogens with one attached hydrogen (secondary N) is 1. The predicted molar refractivity (Wildman–Crippen MR) is 91.0 cm³/mol. The number of aromatic nitrogens is 2. The first kappa shape index (κ1) is 16.6. The third-order valence-corrected chi connectivity index (χ3v) is 4.63. The van der Waals surface area contributed by atoms with E-state index < -0.39 is 11.7 Å². The SMILES string of the molecule is [B]Nc1ccn([C@H]2CO[C@@H](COC(=O)c3ccccc3)S2)c(=O)n1. The van der Waals surface area contributed by atoms with E-state index in [1.165, 1.54) is 16.3 Å². The molecule has 2 atom stereocenters. The van der Waals surface area contributed by atoms with Gasteiger partial charge in [-0.3, -0.25) is 4.57 Å². The summed E-state index contributed by atoms with van der Waals surface area (Å²) in [6, 6.07) is 10.3. The Bertz CT molecular complexity index is 771. The smallest absolute Gasteiger partial charge is 0.350 e. The second-order valence-electron chi connectivity index (χ2n) is 4.97. The Morgan fingerprint density at radius 2 is 2.21 bits per heavy atom. The Balaban J connectivity index is 1.56. The summed E-state index contributed by atoms with van der Waals surface area (Å²) in [7, 11) is 5.22. The van der Waals surface area contributed by atoms with Crippen LogP contribution in [0.2, 0.25) is 0 Å². The topological polar surface area (TPSA) is 82.5 Å². The van der Waals surface area contributed by atoms with Crippen LogP contribution in [-0.4, -0.2) is 42.2 Å². The van der Waals surface area contributed by atoms with E-state index in [0.717, 1.165) is 0 Å². The lowest BCUT2D eigenvalue weighted by atomic mass is 10.2. The summed E-state index contributed by atoms with van der Waals surface area (Å²) in [6.45, 7) is 0.439. The van der Waals surface area contributed by atoms with E-state index in [9.17, 15) is 9.59 Å². The standard InChI is InChI=1S/C15H14BN3O4S/c16-18-11-6-7-19(15(21)17-11)12-8-22-13(24-12)9-23-14(20)10-4-2-1-3-5-10/h1-7,12-13H,8-9H2,(H,17,18,21)/t12-,13-/m1/s1. The first-order valence-corrected chi connectivity index (χ1v) is 8.16. The zero-order valence-electron chi connectivity index (χ0n) is 12.6. The molecule has 1 aliphatic heterocycles. The van der Waals surface area contributed by atoms with Gasteiger partial charge in [0.25, 0.3) is 0 Å². The fourth-order valence-electron chi connectivity index (χ4n) is 2.19. The monoisotopic (exact) mass is 343 g/mol. The van der Waals surface area contributed by atoms with Crippen molar-refractivity contribution in [3.63, 3.8) is 0 Å². The largest absolute Gasteiger partial charge is 0.458 e. The Kier molecular flexibility index (Phi) is 5.22. The molecule has 1 aliphatic rings. The summed E-state index contributed by atoms with van der Waals surface area (Å²) in [5.74, 6) is -0.103. The van der Waals surface area contributed by atoms with E-state index >= 15 is 0 Å². The fraction of sp³-hybridized carbons (Fsp3) is 0.267. The summed E-state index contributed by atoms with van der Waals surface area (Å²) < 4.78 is 12.3. The minimum absolute atomic E-state index is 0.111. The van der Waals surface area contributed by atoms with Gasteiger partial charge in [-0.2, -0.15) is 4.98 Å². The molecule has 0 saturated carbocycles. The van der Waals surface area contributed by atoms with Crippen LogP contribution in [0.25, 0.3) is 0 Å². The Labute approximate surface area is 143 Å². The molecule has 0 aliphatic carbocycles. The summed E-state index contributed by atoms with van der Waals surface area (Å²) in [6.07, 6.45) is 1.60. The van der Waals surface area contributed by atoms with E-state index in [2.05, 4.69) is 10.2 Å². The molecule has 1 N–H and O–H groups in total. The molecular weight excluding hydrogens is 329 g/mol. The maximum Gasteiger partial charge on any atom is 0.350 e. The number of carbonyl (C=O) groups is 1. The van der Waals surface area contributed by atoms with Gasteiger partial charge in [0.1, 0.15) is 23.2 Å². The van der Waals surface area contributed by atoms with Crippen molar-refractivity contribution >= 4 is 31.5 Å². The molecule has 0 unspecified atom stereocenters. The molecular formula is C15H14BN3O4S. The molecule has 2 radical (unpaired) electrons. The lowest BCUT2D eigenvalue weighted by molar-refractivity contribution is 0.0273. The van der Waals surface area contributed by atoms with Crippen molar-refractivity contribution in [1.82, 2.24) is 9.55 Å². The molecule has 1 aromatic heterocycles. The number of carbonyl (C=O) groups excluding carboxylic acids is 1. The normalized spacial score (nSPS) is 19.8. The maximum absolute atomic E-state index is 11.9. The van der Waals surface area contributed by atoms with Gasteiger partial charge in [-0.05, 0) is 18.2 Å². The molecule has 0 spiro atoms. The van der Waals surface area contributed by atoms with E-state index in [1.54, 1.807) is 36.5 Å². The fourth-order valence-corrected chi connectivity index (χ4v) is 3.29. The Hall–Kier alpha value is -2.26. The van der Waals surface area contributed by atoms with Crippen LogP contribution in [0.4, 0.5) is 5.82 Å². The summed E-state index contributed by atoms with van der Waals surface area (Å²) in [5, 5.41) is 2.10. The second kappa shape index (κ2) is 7.54. The highest BCUT2D eigenvalue weighted by molar-refractivity contribution is 8.00. The Morgan fingerprint density at radius 1 is 1.42 bits per heavy atom. The van der Waals surface area contributed by atoms with Gasteiger partial charge >= 0.3 is 11.7 Å². The molecule has 2 aromatic rings. The van der Waals surface area contributed by atoms with Crippen molar-refractivity contribution in [2.75, 3.05) is 18.4 Å². The highest BCUT2D eigenvalue weighted by atomic mass is 32.2. The van der Waals surface area contributed by atoms with Crippen LogP contribution >= 0.6 is 11.8 Å². The number of benzene rings is 1. The summed E-state index contributed by atoms with van der Waals surface area (Å²) >= 11 is 1.40. The van der Waals surface area contributed by atoms with Crippen molar-refractivity contribution in [1.29, 1.82) is 0 Å². The van der Waals surface area contributed by atoms with Crippen molar-refractivity contribution in [2.45, 2.75) is 10.8 Å². The number of hydrogen-bond donors (Lipinski definition) is 1. The van der Waals surface area contributed by atoms with Crippen molar-refractivity contribution < 1.29 is 14.3 Å². The van der Waals surface area contributed by atoms with Gasteiger partial charge in [0.15, 0.2) is 0 Å². The van der Waals surface area contributed by atoms with Crippen LogP contribution in [0.1, 0.15) is 15.7 Å². The first-order chi connectivity index (χ1) is 11.7. The van der Waals surface area contributed by atoms with Crippen molar-refractivity contribution in [2.24, 2.45) is 0 Å². The third kappa shape index (κ3) is 3.80. The van der Waals surface area contributed by atoms with Crippen molar-refractivity contribution in [3.05, 3.63) is 58.6 Å². The second-order valence-corrected chi connectivity index (χ2v) is 6.31. The van der Waals surface area contributed by atoms with Gasteiger partial charge in [0.2, 0.25) is 7.98 Å². The molecule has 3 rings (SSSR count). The van der Waals surface area contributed by atoms with Crippen LogP contribution in [0.5, 0.6) is 0 Å². The summed E-state index contributed by atoms with van der Waals surface area (Å²) in [4.78, 5) is 27.6. The molecule has 1 saturated heterocycles. The number of anilines is 1. The molecule has 1 fully saturated rings. The van der Waals surface area contributed by atoms with E-state index in [0.29, 0.717) is 18.0 Å². The minimum atomic E-state index is -0.423. The predicted octanol–water partition coefficient (Wildman–Crippen LogP) is 1.18. The van der Waals surface area contributed by atoms with Gasteiger partial charge in [-0.1, -0.05) is 30.0 Å². The van der Waals surface area contributed by atoms with Crippen LogP contribution < -0.4 is 10.9 Å². The number of thioether (sulfide) groups is 1. The average molecular weight is 343 g/mol. The number of nitrogens with zero attached hydrogens (tertiary/aromatic N) is 2. The van der Waals surface area contributed by atoms with Gasteiger partial charge in [0, 0.05) is 6.20 Å². The average Bonchev–Trinajstić information content (AvgIpc) is 3.09. The quantitative estimate of drug-likeness (QED) is 0.645. The lowest BCUT2D eigenvalue weighted by Crippen LogP contribution is -2.26. The molecule has 7 nitrogen and oxygen atoms in total. The number of ether oxygens (including phenoxy) is 2. The molecule has 0 bridgehead atoms. The number of rotatable bonds is 5. The molecule has 9 heteroatoms. The van der Waals surface area contributed by atoms with Crippen molar-refractivity contribution in [3.8, 4) is 0 Å². The summed E-state index contributed by atoms with van der Waals surface area (Å²) in [5.41, 5.74) is -0.266. The van der Waals surface area contributed by atoms with Crippen LogP contribution in [-0.2, 0) is 9.47 Å². The van der Waals surface area contributed by atoms with E-state index in [-0.39, 0.29) is 17.4 Å². The highest BCUT2D eigenvalue weighted by Gasteiger charge is 2.29. The first-order valence-electron chi connectivity index (χ1n) is 7.22. The lowest BCUT2D eigenvalue weighted by Gasteiger charge is -2.12. The van der Waals surface area contributed by atoms with Gasteiger partial charge < -0.3 is 14.7 Å². The highest BCUT2D eigenvalue weighted by Crippen LogP contribution is 2.34. The molecule has 1 aromatic carbocycles.